The number of rotatable bonds is 4. The van der Waals surface area contributed by atoms with E-state index in [1.165, 1.54) is 36.8 Å². The van der Waals surface area contributed by atoms with E-state index >= 15 is 0 Å². The van der Waals surface area contributed by atoms with E-state index in [1.807, 2.05) is 7.05 Å². The summed E-state index contributed by atoms with van der Waals surface area (Å²) in [5, 5.41) is 10.0. The summed E-state index contributed by atoms with van der Waals surface area (Å²) in [6.45, 7) is 2.49. The van der Waals surface area contributed by atoms with Crippen molar-refractivity contribution >= 4 is 24.0 Å². The molecule has 10 heteroatoms. The molecule has 1 unspecified atom stereocenters. The van der Waals surface area contributed by atoms with Crippen LogP contribution in [-0.2, 0) is 0 Å². The van der Waals surface area contributed by atoms with Gasteiger partial charge in [0.1, 0.15) is 12.1 Å². The Morgan fingerprint density at radius 1 is 1.39 bits per heavy atom. The first kappa shape index (κ1) is 20.0. The Morgan fingerprint density at radius 2 is 2.25 bits per heavy atom. The topological polar surface area (TPSA) is 96.4 Å². The number of carbonyl (C=O) groups excluding carboxylic acids is 1. The molecule has 1 amide bonds. The Balaban J connectivity index is 0.00000225. The van der Waals surface area contributed by atoms with Gasteiger partial charge >= 0.3 is 0 Å². The average molecular weight is 408 g/mol. The predicted molar refractivity (Wildman–Crippen MR) is 102 cm³/mol. The smallest absolute Gasteiger partial charge is 0.260 e. The molecule has 4 rings (SSSR count). The van der Waals surface area contributed by atoms with Gasteiger partial charge in [-0.1, -0.05) is 5.16 Å². The number of hydrogen-bond donors (Lipinski definition) is 2. The van der Waals surface area contributed by atoms with Gasteiger partial charge in [0, 0.05) is 19.6 Å². The van der Waals surface area contributed by atoms with Crippen molar-refractivity contribution < 1.29 is 18.1 Å². The number of carbonyl (C=O) groups is 1. The molecule has 2 aromatic heterocycles. The minimum Gasteiger partial charge on any atom is -0.472 e. The van der Waals surface area contributed by atoms with E-state index in [0.29, 0.717) is 23.5 Å². The summed E-state index contributed by atoms with van der Waals surface area (Å²) in [6, 6.07) is 5.50. The Hall–Kier alpha value is -2.75. The van der Waals surface area contributed by atoms with Gasteiger partial charge in [0.2, 0.25) is 0 Å². The second-order valence-corrected chi connectivity index (χ2v) is 6.31. The number of anilines is 1. The molecule has 1 aromatic carbocycles. The van der Waals surface area contributed by atoms with Crippen LogP contribution in [0.4, 0.5) is 10.1 Å². The third-order valence-electron chi connectivity index (χ3n) is 4.49. The molecule has 0 radical (unpaired) electrons. The molecule has 1 aliphatic rings. The Bertz CT molecular complexity index is 947. The maximum absolute atomic E-state index is 13.8. The molecule has 1 atom stereocenters. The summed E-state index contributed by atoms with van der Waals surface area (Å²) in [5.41, 5.74) is 1.01. The van der Waals surface area contributed by atoms with E-state index in [1.54, 1.807) is 0 Å². The molecule has 3 heterocycles. The summed E-state index contributed by atoms with van der Waals surface area (Å²) in [7, 11) is 2.00. The van der Waals surface area contributed by atoms with Gasteiger partial charge < -0.3 is 19.6 Å². The maximum Gasteiger partial charge on any atom is 0.260 e. The summed E-state index contributed by atoms with van der Waals surface area (Å²) in [6.07, 6.45) is 2.70. The first-order valence-electron chi connectivity index (χ1n) is 8.50. The summed E-state index contributed by atoms with van der Waals surface area (Å²) in [5.74, 6) is -0.161. The van der Waals surface area contributed by atoms with E-state index < -0.39 is 11.7 Å². The number of nitrogens with one attached hydrogen (secondary N) is 2. The normalized spacial score (nSPS) is 17.1. The molecule has 28 heavy (non-hydrogen) atoms. The summed E-state index contributed by atoms with van der Waals surface area (Å²) < 4.78 is 24.1. The Labute approximate surface area is 166 Å². The lowest BCUT2D eigenvalue weighted by Crippen LogP contribution is -2.44. The fourth-order valence-electron chi connectivity index (χ4n) is 2.97. The van der Waals surface area contributed by atoms with Crippen LogP contribution >= 0.6 is 12.4 Å². The van der Waals surface area contributed by atoms with Gasteiger partial charge in [-0.25, -0.2) is 4.39 Å². The van der Waals surface area contributed by atoms with Crippen molar-refractivity contribution in [2.75, 3.05) is 32.0 Å². The molecule has 1 fully saturated rings. The fourth-order valence-corrected chi connectivity index (χ4v) is 2.97. The molecule has 0 spiro atoms. The fraction of sp³-hybridized carbons (Fsp3) is 0.278. The van der Waals surface area contributed by atoms with E-state index in [9.17, 15) is 9.18 Å². The lowest BCUT2D eigenvalue weighted by Gasteiger charge is -2.30. The Kier molecular flexibility index (Phi) is 6.08. The number of furan rings is 1. The van der Waals surface area contributed by atoms with Crippen molar-refractivity contribution in [3.63, 3.8) is 0 Å². The summed E-state index contributed by atoms with van der Waals surface area (Å²) >= 11 is 0. The average Bonchev–Trinajstić information content (AvgIpc) is 3.34. The number of likely N-dealkylation sites (N-methyl/N-ethyl adjacent to an activating group) is 1. The monoisotopic (exact) mass is 407 g/mol. The summed E-state index contributed by atoms with van der Waals surface area (Å²) in [4.78, 5) is 18.9. The number of amides is 1. The highest BCUT2D eigenvalue weighted by atomic mass is 35.5. The van der Waals surface area contributed by atoms with Crippen LogP contribution in [0, 0.1) is 5.82 Å². The molecule has 0 aliphatic carbocycles. The van der Waals surface area contributed by atoms with Gasteiger partial charge in [-0.3, -0.25) is 9.69 Å². The van der Waals surface area contributed by atoms with E-state index in [-0.39, 0.29) is 30.0 Å². The van der Waals surface area contributed by atoms with Gasteiger partial charge in [-0.15, -0.1) is 12.4 Å². The highest BCUT2D eigenvalue weighted by molar-refractivity contribution is 6.05. The van der Waals surface area contributed by atoms with Crippen LogP contribution < -0.4 is 10.6 Å². The molecule has 1 saturated heterocycles. The second-order valence-electron chi connectivity index (χ2n) is 6.31. The predicted octanol–water partition coefficient (Wildman–Crippen LogP) is 2.72. The highest BCUT2D eigenvalue weighted by Gasteiger charge is 2.26. The number of hydrogen-bond acceptors (Lipinski definition) is 7. The largest absolute Gasteiger partial charge is 0.472 e. The van der Waals surface area contributed by atoms with Crippen molar-refractivity contribution in [1.82, 2.24) is 20.4 Å². The minimum atomic E-state index is -0.489. The van der Waals surface area contributed by atoms with E-state index in [2.05, 4.69) is 25.7 Å². The van der Waals surface area contributed by atoms with Crippen LogP contribution in [0.3, 0.4) is 0 Å². The lowest BCUT2D eigenvalue weighted by atomic mass is 10.1. The third kappa shape index (κ3) is 4.06. The van der Waals surface area contributed by atoms with Crippen LogP contribution in [-0.4, -0.2) is 47.6 Å². The van der Waals surface area contributed by atoms with Gasteiger partial charge in [0.05, 0.1) is 29.1 Å². The molecule has 2 N–H and O–H groups in total. The zero-order valence-electron chi connectivity index (χ0n) is 15.0. The van der Waals surface area contributed by atoms with Gasteiger partial charge in [0.25, 0.3) is 11.8 Å². The quantitative estimate of drug-likeness (QED) is 0.686. The van der Waals surface area contributed by atoms with Crippen molar-refractivity contribution in [3.8, 4) is 11.5 Å². The van der Waals surface area contributed by atoms with Gasteiger partial charge in [-0.05, 0) is 31.3 Å². The number of piperazine rings is 1. The number of nitrogens with zero attached hydrogens (tertiary/aromatic N) is 3. The van der Waals surface area contributed by atoms with Crippen molar-refractivity contribution in [3.05, 3.63) is 54.0 Å². The lowest BCUT2D eigenvalue weighted by molar-refractivity contribution is 0.102. The molecule has 0 bridgehead atoms. The number of halogens is 2. The van der Waals surface area contributed by atoms with Crippen LogP contribution in [0.15, 0.2) is 45.7 Å². The van der Waals surface area contributed by atoms with Crippen molar-refractivity contribution in [2.24, 2.45) is 0 Å². The molecular weight excluding hydrogens is 389 g/mol. The second kappa shape index (κ2) is 8.51. The van der Waals surface area contributed by atoms with Gasteiger partial charge in [0.15, 0.2) is 5.82 Å². The van der Waals surface area contributed by atoms with Crippen molar-refractivity contribution in [1.29, 1.82) is 0 Å². The zero-order chi connectivity index (χ0) is 18.8. The molecule has 8 nitrogen and oxygen atoms in total. The minimum absolute atomic E-state index is 0. The van der Waals surface area contributed by atoms with Gasteiger partial charge in [-0.2, -0.15) is 4.98 Å². The van der Waals surface area contributed by atoms with Crippen molar-refractivity contribution in [2.45, 2.75) is 6.04 Å². The number of aromatic nitrogens is 2. The van der Waals surface area contributed by atoms with E-state index in [0.717, 1.165) is 13.1 Å². The molecule has 0 saturated carbocycles. The first-order valence-corrected chi connectivity index (χ1v) is 8.50. The molecule has 148 valence electrons. The SMILES string of the molecule is CN1CCNCC1c1noc(-c2ccc(F)cc2NC(=O)c2ccoc2)n1.Cl. The third-order valence-corrected chi connectivity index (χ3v) is 4.49. The maximum atomic E-state index is 13.8. The van der Waals surface area contributed by atoms with Crippen LogP contribution in [0.25, 0.3) is 11.5 Å². The zero-order valence-corrected chi connectivity index (χ0v) is 15.8. The van der Waals surface area contributed by atoms with Crippen LogP contribution in [0.2, 0.25) is 0 Å². The number of benzene rings is 1. The molecular formula is C18H19ClFN5O3. The Morgan fingerprint density at radius 3 is 3.00 bits per heavy atom. The standard InChI is InChI=1S/C18H18FN5O3.ClH/c1-24-6-5-20-9-15(24)16-22-18(27-23-16)13-3-2-12(19)8-14(13)21-17(25)11-4-7-26-10-11;/h2-4,7-8,10,15,20H,5-6,9H2,1H3,(H,21,25);1H. The first-order chi connectivity index (χ1) is 13.1. The van der Waals surface area contributed by atoms with Crippen LogP contribution in [0.5, 0.6) is 0 Å². The van der Waals surface area contributed by atoms with Crippen LogP contribution in [0.1, 0.15) is 22.2 Å². The highest BCUT2D eigenvalue weighted by Crippen LogP contribution is 2.29. The molecule has 3 aromatic rings. The molecule has 1 aliphatic heterocycles. The van der Waals surface area contributed by atoms with E-state index in [4.69, 9.17) is 8.94 Å².